The fraction of sp³-hybridized carbons (Fsp3) is 0.375. The van der Waals surface area contributed by atoms with E-state index in [9.17, 15) is 0 Å². The van der Waals surface area contributed by atoms with Gasteiger partial charge in [-0.3, -0.25) is 0 Å². The van der Waals surface area contributed by atoms with Gasteiger partial charge in [-0.15, -0.1) is 0 Å². The largest absolute Gasteiger partial charge is 0.493 e. The van der Waals surface area contributed by atoms with Crippen LogP contribution in [0.4, 0.5) is 0 Å². The fourth-order valence-electron chi connectivity index (χ4n) is 2.80. The average molecular weight is 292 g/mol. The highest BCUT2D eigenvalue weighted by atomic mass is 35.5. The Morgan fingerprint density at radius 2 is 2.20 bits per heavy atom. The lowest BCUT2D eigenvalue weighted by atomic mass is 9.96. The first-order valence-electron chi connectivity index (χ1n) is 6.93. The van der Waals surface area contributed by atoms with Crippen LogP contribution in [0.15, 0.2) is 28.9 Å². The monoisotopic (exact) mass is 291 g/mol. The van der Waals surface area contributed by atoms with Crippen molar-refractivity contribution >= 4 is 11.6 Å². The van der Waals surface area contributed by atoms with Gasteiger partial charge in [0.05, 0.1) is 18.9 Å². The maximum absolute atomic E-state index is 6.27. The molecule has 0 aliphatic carbocycles. The molecule has 2 aromatic rings. The second-order valence-corrected chi connectivity index (χ2v) is 5.44. The summed E-state index contributed by atoms with van der Waals surface area (Å²) < 4.78 is 11.3. The van der Waals surface area contributed by atoms with Crippen LogP contribution < -0.4 is 10.1 Å². The van der Waals surface area contributed by atoms with Gasteiger partial charge in [0.15, 0.2) is 0 Å². The Morgan fingerprint density at radius 3 is 2.90 bits per heavy atom. The molecule has 0 bridgehead atoms. The molecule has 0 saturated carbocycles. The van der Waals surface area contributed by atoms with Crippen LogP contribution in [-0.4, -0.2) is 13.2 Å². The molecule has 4 heteroatoms. The molecule has 0 radical (unpaired) electrons. The van der Waals surface area contributed by atoms with Crippen molar-refractivity contribution in [2.75, 3.05) is 13.2 Å². The van der Waals surface area contributed by atoms with Crippen LogP contribution in [0.5, 0.6) is 5.75 Å². The zero-order valence-electron chi connectivity index (χ0n) is 11.7. The molecule has 0 fully saturated rings. The van der Waals surface area contributed by atoms with Crippen LogP contribution in [-0.2, 0) is 6.42 Å². The van der Waals surface area contributed by atoms with E-state index in [2.05, 4.69) is 12.2 Å². The van der Waals surface area contributed by atoms with E-state index in [0.29, 0.717) is 0 Å². The number of aryl methyl sites for hydroxylation is 1. The molecule has 0 amide bonds. The highest BCUT2D eigenvalue weighted by Crippen LogP contribution is 2.39. The SMILES string of the molecule is CCNC(c1ccoc1C)c1cc(Cl)cc2c1OCC2. The Hall–Kier alpha value is -1.45. The molecular formula is C16H18ClNO2. The van der Waals surface area contributed by atoms with E-state index in [1.165, 1.54) is 5.56 Å². The summed E-state index contributed by atoms with van der Waals surface area (Å²) in [6.45, 7) is 5.65. The molecule has 20 heavy (non-hydrogen) atoms. The summed E-state index contributed by atoms with van der Waals surface area (Å²) >= 11 is 6.27. The summed E-state index contributed by atoms with van der Waals surface area (Å²) in [5.74, 6) is 1.89. The Balaban J connectivity index is 2.11. The molecule has 1 aromatic carbocycles. The van der Waals surface area contributed by atoms with Crippen molar-refractivity contribution in [3.05, 3.63) is 51.9 Å². The lowest BCUT2D eigenvalue weighted by molar-refractivity contribution is 0.350. The van der Waals surface area contributed by atoms with Gasteiger partial charge < -0.3 is 14.5 Å². The van der Waals surface area contributed by atoms with Gasteiger partial charge in [-0.25, -0.2) is 0 Å². The number of ether oxygens (including phenoxy) is 1. The van der Waals surface area contributed by atoms with Crippen molar-refractivity contribution in [2.24, 2.45) is 0 Å². The van der Waals surface area contributed by atoms with E-state index < -0.39 is 0 Å². The van der Waals surface area contributed by atoms with E-state index in [1.54, 1.807) is 6.26 Å². The molecule has 1 atom stereocenters. The maximum Gasteiger partial charge on any atom is 0.127 e. The quantitative estimate of drug-likeness (QED) is 0.928. The predicted molar refractivity (Wildman–Crippen MR) is 79.6 cm³/mol. The van der Waals surface area contributed by atoms with Crippen LogP contribution in [0.1, 0.15) is 35.4 Å². The standard InChI is InChI=1S/C16H18ClNO2/c1-3-18-15(13-5-7-19-10(13)2)14-9-12(17)8-11-4-6-20-16(11)14/h5,7-9,15,18H,3-4,6H2,1-2H3. The van der Waals surface area contributed by atoms with Crippen molar-refractivity contribution < 1.29 is 9.15 Å². The molecule has 1 unspecified atom stereocenters. The number of fused-ring (bicyclic) bond motifs is 1. The summed E-state index contributed by atoms with van der Waals surface area (Å²) in [5.41, 5.74) is 3.42. The van der Waals surface area contributed by atoms with Crippen molar-refractivity contribution in [2.45, 2.75) is 26.3 Å². The highest BCUT2D eigenvalue weighted by Gasteiger charge is 2.25. The van der Waals surface area contributed by atoms with Crippen LogP contribution in [0.25, 0.3) is 0 Å². The number of hydrogen-bond acceptors (Lipinski definition) is 3. The molecule has 1 aliphatic rings. The second-order valence-electron chi connectivity index (χ2n) is 5.00. The van der Waals surface area contributed by atoms with E-state index in [4.69, 9.17) is 20.8 Å². The summed E-state index contributed by atoms with van der Waals surface area (Å²) in [5, 5.41) is 4.26. The summed E-state index contributed by atoms with van der Waals surface area (Å²) in [6, 6.07) is 6.04. The van der Waals surface area contributed by atoms with Crippen molar-refractivity contribution in [3.63, 3.8) is 0 Å². The van der Waals surface area contributed by atoms with Gasteiger partial charge in [0.2, 0.25) is 0 Å². The minimum Gasteiger partial charge on any atom is -0.493 e. The van der Waals surface area contributed by atoms with Crippen molar-refractivity contribution in [3.8, 4) is 5.75 Å². The van der Waals surface area contributed by atoms with E-state index in [0.717, 1.165) is 47.2 Å². The zero-order valence-corrected chi connectivity index (χ0v) is 12.5. The lowest BCUT2D eigenvalue weighted by Gasteiger charge is -2.21. The lowest BCUT2D eigenvalue weighted by Crippen LogP contribution is -2.22. The topological polar surface area (TPSA) is 34.4 Å². The maximum atomic E-state index is 6.27. The zero-order chi connectivity index (χ0) is 14.1. The van der Waals surface area contributed by atoms with Gasteiger partial charge in [-0.05, 0) is 37.2 Å². The first-order valence-corrected chi connectivity index (χ1v) is 7.31. The predicted octanol–water partition coefficient (Wildman–Crippen LogP) is 3.88. The Kier molecular flexibility index (Phi) is 3.72. The Bertz CT molecular complexity index is 621. The molecule has 3 nitrogen and oxygen atoms in total. The molecule has 1 aliphatic heterocycles. The smallest absolute Gasteiger partial charge is 0.127 e. The molecule has 106 valence electrons. The number of benzene rings is 1. The van der Waals surface area contributed by atoms with Crippen LogP contribution >= 0.6 is 11.6 Å². The van der Waals surface area contributed by atoms with Crippen molar-refractivity contribution in [1.82, 2.24) is 5.32 Å². The molecule has 1 aromatic heterocycles. The first-order chi connectivity index (χ1) is 9.70. The third kappa shape index (κ3) is 2.32. The van der Waals surface area contributed by atoms with Crippen LogP contribution in [0.3, 0.4) is 0 Å². The summed E-state index contributed by atoms with van der Waals surface area (Å²) in [7, 11) is 0. The van der Waals surface area contributed by atoms with E-state index in [1.807, 2.05) is 25.1 Å². The summed E-state index contributed by atoms with van der Waals surface area (Å²) in [6.07, 6.45) is 2.65. The third-order valence-corrected chi connectivity index (χ3v) is 3.92. The number of furan rings is 1. The van der Waals surface area contributed by atoms with Gasteiger partial charge in [0.1, 0.15) is 11.5 Å². The first kappa shape index (κ1) is 13.5. The third-order valence-electron chi connectivity index (χ3n) is 3.71. The normalized spacial score (nSPS) is 14.9. The van der Waals surface area contributed by atoms with Gasteiger partial charge in [0, 0.05) is 22.6 Å². The molecule has 2 heterocycles. The molecule has 0 saturated heterocycles. The molecule has 3 rings (SSSR count). The van der Waals surface area contributed by atoms with Gasteiger partial charge >= 0.3 is 0 Å². The number of halogens is 1. The molecule has 0 spiro atoms. The van der Waals surface area contributed by atoms with Crippen LogP contribution in [0, 0.1) is 6.92 Å². The molecule has 1 N–H and O–H groups in total. The number of rotatable bonds is 4. The van der Waals surface area contributed by atoms with Crippen LogP contribution in [0.2, 0.25) is 5.02 Å². The Morgan fingerprint density at radius 1 is 1.35 bits per heavy atom. The van der Waals surface area contributed by atoms with Gasteiger partial charge in [0.25, 0.3) is 0 Å². The highest BCUT2D eigenvalue weighted by molar-refractivity contribution is 6.30. The summed E-state index contributed by atoms with van der Waals surface area (Å²) in [4.78, 5) is 0. The minimum atomic E-state index is 0.0456. The average Bonchev–Trinajstić information content (AvgIpc) is 3.04. The molecular weight excluding hydrogens is 274 g/mol. The Labute approximate surface area is 123 Å². The van der Waals surface area contributed by atoms with Crippen molar-refractivity contribution in [1.29, 1.82) is 0 Å². The second kappa shape index (κ2) is 5.51. The number of nitrogens with one attached hydrogen (secondary N) is 1. The van der Waals surface area contributed by atoms with E-state index in [-0.39, 0.29) is 6.04 Å². The number of hydrogen-bond donors (Lipinski definition) is 1. The fourth-order valence-corrected chi connectivity index (χ4v) is 3.05. The van der Waals surface area contributed by atoms with Gasteiger partial charge in [-0.1, -0.05) is 18.5 Å². The van der Waals surface area contributed by atoms with E-state index >= 15 is 0 Å². The van der Waals surface area contributed by atoms with Gasteiger partial charge in [-0.2, -0.15) is 0 Å². The minimum absolute atomic E-state index is 0.0456.